The molecule has 0 fully saturated rings. The maximum Gasteiger partial charge on any atom is 0.0463 e. The average Bonchev–Trinajstić information content (AvgIpc) is 2.70. The van der Waals surface area contributed by atoms with Crippen molar-refractivity contribution in [1.82, 2.24) is 0 Å². The lowest BCUT2D eigenvalue weighted by Gasteiger charge is -2.13. The molecule has 126 valence electrons. The van der Waals surface area contributed by atoms with Crippen molar-refractivity contribution in [1.29, 1.82) is 0 Å². The van der Waals surface area contributed by atoms with Gasteiger partial charge in [-0.1, -0.05) is 66.7 Å². The molecule has 2 nitrogen and oxygen atoms in total. The summed E-state index contributed by atoms with van der Waals surface area (Å²) in [7, 11) is 0. The number of rotatable bonds is 4. The molecule has 0 atom stereocenters. The molecule has 0 aliphatic carbocycles. The Morgan fingerprint density at radius 1 is 0.538 bits per heavy atom. The number of nitrogens with one attached hydrogen (secondary N) is 1. The van der Waals surface area contributed by atoms with Crippen LogP contribution in [0.4, 0.5) is 17.1 Å². The Morgan fingerprint density at radius 3 is 2.04 bits per heavy atom. The van der Waals surface area contributed by atoms with Crippen molar-refractivity contribution < 1.29 is 0 Å². The zero-order valence-electron chi connectivity index (χ0n) is 14.4. The third-order valence-electron chi connectivity index (χ3n) is 4.40. The lowest BCUT2D eigenvalue weighted by Crippen LogP contribution is -1.93. The first-order valence-corrected chi connectivity index (χ1v) is 8.67. The minimum atomic E-state index is 0.780. The predicted octanol–water partition coefficient (Wildman–Crippen LogP) is 6.35. The summed E-state index contributed by atoms with van der Waals surface area (Å²) in [5.41, 5.74) is 13.5. The Labute approximate surface area is 153 Å². The summed E-state index contributed by atoms with van der Waals surface area (Å²) >= 11 is 0. The first-order chi connectivity index (χ1) is 12.8. The standard InChI is InChI=1S/C24H20N2/c25-21-15-13-18(14-16-21)19-7-6-8-20(17-19)23-11-4-5-12-24(23)26-22-9-2-1-3-10-22/h1-17,26H,25H2. The molecule has 0 radical (unpaired) electrons. The van der Waals surface area contributed by atoms with Crippen LogP contribution in [-0.4, -0.2) is 0 Å². The van der Waals surface area contributed by atoms with Gasteiger partial charge in [0.15, 0.2) is 0 Å². The van der Waals surface area contributed by atoms with Crippen LogP contribution in [0.5, 0.6) is 0 Å². The number of benzene rings is 4. The SMILES string of the molecule is Nc1ccc(-c2cccc(-c3ccccc3Nc3ccccc3)c2)cc1. The van der Waals surface area contributed by atoms with Gasteiger partial charge in [-0.05, 0) is 53.1 Å². The monoisotopic (exact) mass is 336 g/mol. The normalized spacial score (nSPS) is 10.5. The van der Waals surface area contributed by atoms with Gasteiger partial charge in [-0.3, -0.25) is 0 Å². The fourth-order valence-corrected chi connectivity index (χ4v) is 3.06. The second-order valence-electron chi connectivity index (χ2n) is 6.24. The molecule has 0 saturated heterocycles. The van der Waals surface area contributed by atoms with Gasteiger partial charge in [0.25, 0.3) is 0 Å². The van der Waals surface area contributed by atoms with Gasteiger partial charge in [0.05, 0.1) is 0 Å². The summed E-state index contributed by atoms with van der Waals surface area (Å²) < 4.78 is 0. The second kappa shape index (κ2) is 7.16. The van der Waals surface area contributed by atoms with Gasteiger partial charge in [-0.2, -0.15) is 0 Å². The van der Waals surface area contributed by atoms with Crippen LogP contribution in [0.3, 0.4) is 0 Å². The number of hydrogen-bond donors (Lipinski definition) is 2. The quantitative estimate of drug-likeness (QED) is 0.426. The van der Waals surface area contributed by atoms with Gasteiger partial charge in [0, 0.05) is 22.6 Å². The molecule has 0 bridgehead atoms. The first-order valence-electron chi connectivity index (χ1n) is 8.67. The number of nitrogen functional groups attached to an aromatic ring is 1. The van der Waals surface area contributed by atoms with E-state index in [1.807, 2.05) is 30.3 Å². The number of anilines is 3. The molecule has 4 aromatic carbocycles. The highest BCUT2D eigenvalue weighted by Crippen LogP contribution is 2.33. The maximum atomic E-state index is 5.81. The summed E-state index contributed by atoms with van der Waals surface area (Å²) in [5.74, 6) is 0. The van der Waals surface area contributed by atoms with E-state index in [-0.39, 0.29) is 0 Å². The number of para-hydroxylation sites is 2. The smallest absolute Gasteiger partial charge is 0.0463 e. The highest BCUT2D eigenvalue weighted by atomic mass is 14.9. The zero-order valence-corrected chi connectivity index (χ0v) is 14.4. The molecule has 0 saturated carbocycles. The maximum absolute atomic E-state index is 5.81. The number of hydrogen-bond acceptors (Lipinski definition) is 2. The predicted molar refractivity (Wildman–Crippen MR) is 111 cm³/mol. The number of nitrogens with two attached hydrogens (primary N) is 1. The molecular formula is C24H20N2. The Hall–Kier alpha value is -3.52. The second-order valence-corrected chi connectivity index (χ2v) is 6.24. The Bertz CT molecular complexity index is 1010. The molecule has 26 heavy (non-hydrogen) atoms. The molecule has 4 rings (SSSR count). The summed E-state index contributed by atoms with van der Waals surface area (Å²) in [6.45, 7) is 0. The van der Waals surface area contributed by atoms with E-state index in [9.17, 15) is 0 Å². The van der Waals surface area contributed by atoms with Crippen LogP contribution in [0.15, 0.2) is 103 Å². The van der Waals surface area contributed by atoms with Gasteiger partial charge in [-0.25, -0.2) is 0 Å². The van der Waals surface area contributed by atoms with Gasteiger partial charge in [0.1, 0.15) is 0 Å². The van der Waals surface area contributed by atoms with Crippen molar-refractivity contribution in [2.24, 2.45) is 0 Å². The van der Waals surface area contributed by atoms with Gasteiger partial charge >= 0.3 is 0 Å². The third-order valence-corrected chi connectivity index (χ3v) is 4.40. The minimum Gasteiger partial charge on any atom is -0.399 e. The topological polar surface area (TPSA) is 38.0 Å². The van der Waals surface area contributed by atoms with E-state index < -0.39 is 0 Å². The molecule has 0 spiro atoms. The molecule has 2 heteroatoms. The molecule has 0 aromatic heterocycles. The highest BCUT2D eigenvalue weighted by Gasteiger charge is 2.07. The van der Waals surface area contributed by atoms with Gasteiger partial charge in [0.2, 0.25) is 0 Å². The third kappa shape index (κ3) is 3.45. The molecule has 0 amide bonds. The van der Waals surface area contributed by atoms with Crippen molar-refractivity contribution in [3.63, 3.8) is 0 Å². The fourth-order valence-electron chi connectivity index (χ4n) is 3.06. The van der Waals surface area contributed by atoms with Crippen LogP contribution >= 0.6 is 0 Å². The van der Waals surface area contributed by atoms with Crippen LogP contribution in [0.25, 0.3) is 22.3 Å². The van der Waals surface area contributed by atoms with Crippen molar-refractivity contribution >= 4 is 17.1 Å². The lowest BCUT2D eigenvalue weighted by atomic mass is 9.98. The molecule has 3 N–H and O–H groups in total. The Balaban J connectivity index is 1.72. The van der Waals surface area contributed by atoms with E-state index in [1.165, 1.54) is 16.7 Å². The molecular weight excluding hydrogens is 316 g/mol. The molecule has 0 unspecified atom stereocenters. The minimum absolute atomic E-state index is 0.780. The van der Waals surface area contributed by atoms with E-state index in [0.717, 1.165) is 22.6 Å². The molecule has 0 aliphatic rings. The van der Waals surface area contributed by atoms with Crippen LogP contribution in [0, 0.1) is 0 Å². The zero-order chi connectivity index (χ0) is 17.8. The summed E-state index contributed by atoms with van der Waals surface area (Å²) in [5, 5.41) is 3.52. The van der Waals surface area contributed by atoms with Crippen molar-refractivity contribution in [2.45, 2.75) is 0 Å². The van der Waals surface area contributed by atoms with Crippen molar-refractivity contribution in [2.75, 3.05) is 11.1 Å². The Morgan fingerprint density at radius 2 is 1.23 bits per heavy atom. The largest absolute Gasteiger partial charge is 0.399 e. The first kappa shape index (κ1) is 16.0. The van der Waals surface area contributed by atoms with Crippen molar-refractivity contribution in [3.05, 3.63) is 103 Å². The van der Waals surface area contributed by atoms with E-state index in [1.54, 1.807) is 0 Å². The highest BCUT2D eigenvalue weighted by molar-refractivity contribution is 5.83. The summed E-state index contributed by atoms with van der Waals surface area (Å²) in [4.78, 5) is 0. The molecule has 0 heterocycles. The molecule has 0 aliphatic heterocycles. The van der Waals surface area contributed by atoms with E-state index in [2.05, 4.69) is 78.1 Å². The van der Waals surface area contributed by atoms with E-state index in [4.69, 9.17) is 5.73 Å². The van der Waals surface area contributed by atoms with Crippen LogP contribution in [0.2, 0.25) is 0 Å². The summed E-state index contributed by atoms with van der Waals surface area (Å²) in [6.07, 6.45) is 0. The Kier molecular flexibility index (Phi) is 4.40. The van der Waals surface area contributed by atoms with E-state index in [0.29, 0.717) is 0 Å². The summed E-state index contributed by atoms with van der Waals surface area (Å²) in [6, 6.07) is 35.2. The average molecular weight is 336 g/mol. The molecule has 4 aromatic rings. The van der Waals surface area contributed by atoms with Crippen LogP contribution in [-0.2, 0) is 0 Å². The van der Waals surface area contributed by atoms with Gasteiger partial charge < -0.3 is 11.1 Å². The van der Waals surface area contributed by atoms with E-state index >= 15 is 0 Å². The van der Waals surface area contributed by atoms with Crippen molar-refractivity contribution in [3.8, 4) is 22.3 Å². The van der Waals surface area contributed by atoms with Gasteiger partial charge in [-0.15, -0.1) is 0 Å². The van der Waals surface area contributed by atoms with Crippen LogP contribution < -0.4 is 11.1 Å². The van der Waals surface area contributed by atoms with Crippen LogP contribution in [0.1, 0.15) is 0 Å². The lowest BCUT2D eigenvalue weighted by molar-refractivity contribution is 1.53. The fraction of sp³-hybridized carbons (Fsp3) is 0.